The molecule has 1 N–H and O–H groups in total. The van der Waals surface area contributed by atoms with Gasteiger partial charge in [0.2, 0.25) is 11.7 Å². The highest BCUT2D eigenvalue weighted by molar-refractivity contribution is 5.59. The predicted octanol–water partition coefficient (Wildman–Crippen LogP) is 3.08. The molecule has 20 heavy (non-hydrogen) atoms. The van der Waals surface area contributed by atoms with Gasteiger partial charge in [-0.15, -0.1) is 0 Å². The Morgan fingerprint density at radius 3 is 2.70 bits per heavy atom. The number of nitrogens with zero attached hydrogens (tertiary/aromatic N) is 2. The lowest BCUT2D eigenvalue weighted by Crippen LogP contribution is -2.39. The van der Waals surface area contributed by atoms with Crippen LogP contribution in [0.1, 0.15) is 37.6 Å². The fraction of sp³-hybridized carbons (Fsp3) is 0.500. The summed E-state index contributed by atoms with van der Waals surface area (Å²) >= 11 is 0. The van der Waals surface area contributed by atoms with Crippen molar-refractivity contribution in [2.45, 2.75) is 38.5 Å². The lowest BCUT2D eigenvalue weighted by atomic mass is 9.76. The third kappa shape index (κ3) is 2.24. The summed E-state index contributed by atoms with van der Waals surface area (Å²) in [5.74, 6) is 1.52. The average Bonchev–Trinajstić information content (AvgIpc) is 2.98. The standard InChI is InChI=1S/C16H21N3O/c1-3-16(8-10-17-11-9-16)15-18-14(19-20-15)13-7-5-4-6-12(13)2/h4-7,17H,3,8-11H2,1-2H3. The minimum atomic E-state index is 0.0547. The van der Waals surface area contributed by atoms with Gasteiger partial charge >= 0.3 is 0 Å². The lowest BCUT2D eigenvalue weighted by Gasteiger charge is -2.33. The van der Waals surface area contributed by atoms with Gasteiger partial charge in [0.25, 0.3) is 0 Å². The second-order valence-corrected chi connectivity index (χ2v) is 5.62. The zero-order valence-electron chi connectivity index (χ0n) is 12.1. The van der Waals surface area contributed by atoms with Gasteiger partial charge in [0, 0.05) is 5.56 Å². The molecule has 2 heterocycles. The molecule has 2 aromatic rings. The quantitative estimate of drug-likeness (QED) is 0.932. The van der Waals surface area contributed by atoms with E-state index in [0.717, 1.165) is 43.8 Å². The predicted molar refractivity (Wildman–Crippen MR) is 78.5 cm³/mol. The Bertz CT molecular complexity index is 585. The molecule has 1 aromatic carbocycles. The van der Waals surface area contributed by atoms with Gasteiger partial charge in [-0.3, -0.25) is 0 Å². The van der Waals surface area contributed by atoms with Crippen LogP contribution in [0.25, 0.3) is 11.4 Å². The van der Waals surface area contributed by atoms with Crippen LogP contribution in [0.2, 0.25) is 0 Å². The first-order chi connectivity index (χ1) is 9.75. The number of aromatic nitrogens is 2. The van der Waals surface area contributed by atoms with Crippen LogP contribution in [0.4, 0.5) is 0 Å². The molecule has 0 saturated carbocycles. The van der Waals surface area contributed by atoms with E-state index in [0.29, 0.717) is 5.82 Å². The van der Waals surface area contributed by atoms with E-state index in [-0.39, 0.29) is 5.41 Å². The molecule has 1 aliphatic heterocycles. The maximum absolute atomic E-state index is 5.62. The summed E-state index contributed by atoms with van der Waals surface area (Å²) in [7, 11) is 0. The van der Waals surface area contributed by atoms with Gasteiger partial charge in [-0.05, 0) is 44.8 Å². The van der Waals surface area contributed by atoms with Gasteiger partial charge in [-0.2, -0.15) is 4.98 Å². The van der Waals surface area contributed by atoms with Crippen LogP contribution in [-0.2, 0) is 5.41 Å². The lowest BCUT2D eigenvalue weighted by molar-refractivity contribution is 0.216. The fourth-order valence-corrected chi connectivity index (χ4v) is 3.00. The molecular weight excluding hydrogens is 250 g/mol. The van der Waals surface area contributed by atoms with E-state index in [1.54, 1.807) is 0 Å². The first-order valence-corrected chi connectivity index (χ1v) is 7.36. The molecule has 1 aliphatic rings. The molecule has 106 valence electrons. The van der Waals surface area contributed by atoms with Gasteiger partial charge in [0.1, 0.15) is 0 Å². The average molecular weight is 271 g/mol. The minimum Gasteiger partial charge on any atom is -0.338 e. The van der Waals surface area contributed by atoms with Crippen LogP contribution in [0.3, 0.4) is 0 Å². The topological polar surface area (TPSA) is 51.0 Å². The van der Waals surface area contributed by atoms with E-state index < -0.39 is 0 Å². The van der Waals surface area contributed by atoms with Crippen LogP contribution >= 0.6 is 0 Å². The summed E-state index contributed by atoms with van der Waals surface area (Å²) in [6, 6.07) is 8.16. The third-order valence-electron chi connectivity index (χ3n) is 4.50. The molecule has 1 fully saturated rings. The van der Waals surface area contributed by atoms with E-state index in [1.165, 1.54) is 5.56 Å². The Balaban J connectivity index is 1.95. The van der Waals surface area contributed by atoms with Crippen LogP contribution in [-0.4, -0.2) is 23.2 Å². The van der Waals surface area contributed by atoms with E-state index >= 15 is 0 Å². The molecule has 3 rings (SSSR count). The molecule has 0 spiro atoms. The van der Waals surface area contributed by atoms with Crippen LogP contribution in [0, 0.1) is 6.92 Å². The van der Waals surface area contributed by atoms with Crippen LogP contribution in [0.15, 0.2) is 28.8 Å². The van der Waals surface area contributed by atoms with E-state index in [4.69, 9.17) is 9.51 Å². The molecule has 0 bridgehead atoms. The Labute approximate surface area is 119 Å². The Kier molecular flexibility index (Phi) is 3.57. The summed E-state index contributed by atoms with van der Waals surface area (Å²) in [4.78, 5) is 4.70. The highest BCUT2D eigenvalue weighted by Crippen LogP contribution is 2.36. The third-order valence-corrected chi connectivity index (χ3v) is 4.50. The second-order valence-electron chi connectivity index (χ2n) is 5.62. The molecule has 0 radical (unpaired) electrons. The highest BCUT2D eigenvalue weighted by atomic mass is 16.5. The molecule has 1 aromatic heterocycles. The van der Waals surface area contributed by atoms with Gasteiger partial charge in [0.15, 0.2) is 0 Å². The molecule has 0 atom stereocenters. The molecule has 1 saturated heterocycles. The van der Waals surface area contributed by atoms with Crippen molar-refractivity contribution < 1.29 is 4.52 Å². The first-order valence-electron chi connectivity index (χ1n) is 7.36. The number of piperidine rings is 1. The summed E-state index contributed by atoms with van der Waals surface area (Å²) in [5, 5.41) is 7.61. The maximum atomic E-state index is 5.62. The maximum Gasteiger partial charge on any atom is 0.233 e. The molecule has 4 heteroatoms. The van der Waals surface area contributed by atoms with E-state index in [1.807, 2.05) is 18.2 Å². The number of aryl methyl sites for hydroxylation is 1. The van der Waals surface area contributed by atoms with Crippen molar-refractivity contribution in [1.29, 1.82) is 0 Å². The first kappa shape index (κ1) is 13.3. The summed E-state index contributed by atoms with van der Waals surface area (Å²) in [6.45, 7) is 6.33. The number of rotatable bonds is 3. The molecule has 0 aliphatic carbocycles. The van der Waals surface area contributed by atoms with Crippen molar-refractivity contribution >= 4 is 0 Å². The molecule has 0 amide bonds. The smallest absolute Gasteiger partial charge is 0.233 e. The van der Waals surface area contributed by atoms with E-state index in [2.05, 4.69) is 30.4 Å². The normalized spacial score (nSPS) is 18.1. The zero-order chi connectivity index (χ0) is 14.0. The molecular formula is C16H21N3O. The number of hydrogen-bond donors (Lipinski definition) is 1. The van der Waals surface area contributed by atoms with Crippen molar-refractivity contribution in [2.75, 3.05) is 13.1 Å². The molecule has 0 unspecified atom stereocenters. The second kappa shape index (κ2) is 5.37. The van der Waals surface area contributed by atoms with Gasteiger partial charge in [-0.1, -0.05) is 36.3 Å². The van der Waals surface area contributed by atoms with E-state index in [9.17, 15) is 0 Å². The summed E-state index contributed by atoms with van der Waals surface area (Å²) in [5.41, 5.74) is 2.29. The number of nitrogens with one attached hydrogen (secondary N) is 1. The van der Waals surface area contributed by atoms with Crippen molar-refractivity contribution in [3.63, 3.8) is 0 Å². The van der Waals surface area contributed by atoms with Crippen molar-refractivity contribution in [1.82, 2.24) is 15.5 Å². The Morgan fingerprint density at radius 1 is 1.25 bits per heavy atom. The van der Waals surface area contributed by atoms with Crippen molar-refractivity contribution in [3.05, 3.63) is 35.7 Å². The van der Waals surface area contributed by atoms with Crippen molar-refractivity contribution in [3.8, 4) is 11.4 Å². The van der Waals surface area contributed by atoms with Gasteiger partial charge in [-0.25, -0.2) is 0 Å². The van der Waals surface area contributed by atoms with Crippen molar-refractivity contribution in [2.24, 2.45) is 0 Å². The summed E-state index contributed by atoms with van der Waals surface area (Å²) < 4.78 is 5.62. The van der Waals surface area contributed by atoms with Gasteiger partial charge < -0.3 is 9.84 Å². The largest absolute Gasteiger partial charge is 0.338 e. The fourth-order valence-electron chi connectivity index (χ4n) is 3.00. The van der Waals surface area contributed by atoms with Crippen LogP contribution < -0.4 is 5.32 Å². The van der Waals surface area contributed by atoms with Crippen LogP contribution in [0.5, 0.6) is 0 Å². The SMILES string of the molecule is CCC1(c2nc(-c3ccccc3C)no2)CCNCC1. The number of benzene rings is 1. The Morgan fingerprint density at radius 2 is 2.00 bits per heavy atom. The number of hydrogen-bond acceptors (Lipinski definition) is 4. The van der Waals surface area contributed by atoms with Gasteiger partial charge in [0.05, 0.1) is 5.41 Å². The zero-order valence-corrected chi connectivity index (χ0v) is 12.1. The minimum absolute atomic E-state index is 0.0547. The highest BCUT2D eigenvalue weighted by Gasteiger charge is 2.37. The summed E-state index contributed by atoms with van der Waals surface area (Å²) in [6.07, 6.45) is 3.18. The molecule has 4 nitrogen and oxygen atoms in total. The Hall–Kier alpha value is -1.68. The monoisotopic (exact) mass is 271 g/mol.